The maximum absolute atomic E-state index is 12.1. The Labute approximate surface area is 140 Å². The number of nitrogens with zero attached hydrogens (tertiary/aromatic N) is 2. The third kappa shape index (κ3) is 3.18. The Kier molecular flexibility index (Phi) is 4.79. The lowest BCUT2D eigenvalue weighted by molar-refractivity contribution is -0.916. The Balaban J connectivity index is 1.53. The van der Waals surface area contributed by atoms with Crippen molar-refractivity contribution in [2.45, 2.75) is 30.7 Å². The maximum atomic E-state index is 12.1. The molecule has 1 unspecified atom stereocenters. The highest BCUT2D eigenvalue weighted by Gasteiger charge is 2.43. The first-order valence-corrected chi connectivity index (χ1v) is 9.05. The molecule has 1 N–H and O–H groups in total. The zero-order chi connectivity index (χ0) is 16.4. The molecule has 0 saturated carbocycles. The number of carbonyl (C=O) groups excluding carboxylic acids is 2. The van der Waals surface area contributed by atoms with E-state index in [-0.39, 0.29) is 23.9 Å². The molecule has 3 aliphatic heterocycles. The van der Waals surface area contributed by atoms with Crippen LogP contribution in [-0.4, -0.2) is 70.3 Å². The number of likely N-dealkylation sites (N-methyl/N-ethyl adjacent to an activating group) is 1. The molecule has 3 heterocycles. The Morgan fingerprint density at radius 3 is 3.17 bits per heavy atom. The highest BCUT2D eigenvalue weighted by molar-refractivity contribution is 8.00. The van der Waals surface area contributed by atoms with E-state index in [0.717, 1.165) is 36.2 Å². The second kappa shape index (κ2) is 6.67. The first-order chi connectivity index (χ1) is 11.0. The van der Waals surface area contributed by atoms with Crippen molar-refractivity contribution in [1.82, 2.24) is 4.90 Å². The van der Waals surface area contributed by atoms with Crippen LogP contribution in [0.4, 0.5) is 0 Å². The fourth-order valence-corrected chi connectivity index (χ4v) is 4.61. The zero-order valence-electron chi connectivity index (χ0n) is 13.3. The number of quaternary nitrogens is 1. The van der Waals surface area contributed by atoms with Gasteiger partial charge in [-0.2, -0.15) is 0 Å². The van der Waals surface area contributed by atoms with Crippen LogP contribution in [0.25, 0.3) is 0 Å². The number of fused-ring (bicyclic) bond motifs is 1. The predicted octanol–water partition coefficient (Wildman–Crippen LogP) is 0.834. The number of ether oxygens (including phenoxy) is 1. The molecule has 0 spiro atoms. The summed E-state index contributed by atoms with van der Waals surface area (Å²) < 4.78 is 5.97. The number of β-lactam (4-membered cyclic amide) rings is 1. The number of rotatable bonds is 5. The first-order valence-electron chi connectivity index (χ1n) is 8.00. The van der Waals surface area contributed by atoms with E-state index in [1.54, 1.807) is 17.8 Å². The number of hydrogen-bond acceptors (Lipinski definition) is 5. The van der Waals surface area contributed by atoms with Gasteiger partial charge in [0.15, 0.2) is 0 Å². The number of aliphatic hydroxyl groups is 1. The summed E-state index contributed by atoms with van der Waals surface area (Å²) in [5.41, 5.74) is 0.365. The molecule has 3 aliphatic rings. The largest absolute Gasteiger partial charge is 0.430 e. The normalized spacial score (nSPS) is 33.4. The predicted molar refractivity (Wildman–Crippen MR) is 87.1 cm³/mol. The second-order valence-corrected chi connectivity index (χ2v) is 7.70. The van der Waals surface area contributed by atoms with Crippen LogP contribution in [0.2, 0.25) is 0 Å². The van der Waals surface area contributed by atoms with Crippen LogP contribution < -0.4 is 0 Å². The van der Waals surface area contributed by atoms with Crippen LogP contribution in [0.1, 0.15) is 19.3 Å². The molecular formula is C16H23N2O4S+. The van der Waals surface area contributed by atoms with Crippen molar-refractivity contribution < 1.29 is 23.9 Å². The van der Waals surface area contributed by atoms with E-state index < -0.39 is 5.97 Å². The fourth-order valence-electron chi connectivity index (χ4n) is 3.49. The molecule has 0 aromatic heterocycles. The monoisotopic (exact) mass is 339 g/mol. The quantitative estimate of drug-likeness (QED) is 0.348. The van der Waals surface area contributed by atoms with Gasteiger partial charge in [-0.15, -0.1) is 11.8 Å². The molecule has 0 aromatic rings. The molecule has 0 aromatic carbocycles. The second-order valence-electron chi connectivity index (χ2n) is 6.49. The van der Waals surface area contributed by atoms with Crippen molar-refractivity contribution in [3.63, 3.8) is 0 Å². The lowest BCUT2D eigenvalue weighted by Crippen LogP contribution is -2.53. The minimum Gasteiger partial charge on any atom is -0.430 e. The Morgan fingerprint density at radius 1 is 1.61 bits per heavy atom. The smallest absolute Gasteiger partial charge is 0.359 e. The summed E-state index contributed by atoms with van der Waals surface area (Å²) in [6.07, 6.45) is 7.65. The van der Waals surface area contributed by atoms with Gasteiger partial charge in [-0.25, -0.2) is 4.79 Å². The van der Waals surface area contributed by atoms with Gasteiger partial charge in [-0.05, 0) is 6.08 Å². The summed E-state index contributed by atoms with van der Waals surface area (Å²) in [6.45, 7) is 1.93. The Morgan fingerprint density at radius 2 is 2.43 bits per heavy atom. The van der Waals surface area contributed by atoms with Gasteiger partial charge in [0.25, 0.3) is 0 Å². The van der Waals surface area contributed by atoms with E-state index in [2.05, 4.69) is 7.05 Å². The highest BCUT2D eigenvalue weighted by Crippen LogP contribution is 2.37. The molecule has 6 nitrogen and oxygen atoms in total. The van der Waals surface area contributed by atoms with Crippen molar-refractivity contribution in [2.24, 2.45) is 0 Å². The third-order valence-electron chi connectivity index (χ3n) is 5.03. The van der Waals surface area contributed by atoms with E-state index in [1.165, 1.54) is 11.2 Å². The van der Waals surface area contributed by atoms with Crippen LogP contribution in [0.5, 0.6) is 0 Å². The summed E-state index contributed by atoms with van der Waals surface area (Å²) in [7, 11) is 2.12. The van der Waals surface area contributed by atoms with Crippen molar-refractivity contribution in [1.29, 1.82) is 0 Å². The lowest BCUT2D eigenvalue weighted by atomic mass is 10.1. The molecular weight excluding hydrogens is 316 g/mol. The molecule has 0 aliphatic carbocycles. The molecule has 23 heavy (non-hydrogen) atoms. The van der Waals surface area contributed by atoms with E-state index in [1.807, 2.05) is 6.08 Å². The number of thioether (sulfide) groups is 1. The van der Waals surface area contributed by atoms with Crippen molar-refractivity contribution in [3.8, 4) is 0 Å². The Hall–Kier alpha value is -1.31. The molecule has 1 amide bonds. The molecule has 7 heteroatoms. The number of aliphatic hydroxyl groups excluding tert-OH is 1. The Bertz CT molecular complexity index is 562. The summed E-state index contributed by atoms with van der Waals surface area (Å²) in [4.78, 5) is 25.3. The first kappa shape index (κ1) is 16.5. The summed E-state index contributed by atoms with van der Waals surface area (Å²) in [5.74, 6) is 0.244. The number of esters is 1. The van der Waals surface area contributed by atoms with Crippen LogP contribution >= 0.6 is 11.8 Å². The van der Waals surface area contributed by atoms with Gasteiger partial charge >= 0.3 is 5.97 Å². The average Bonchev–Trinajstić information content (AvgIpc) is 2.90. The molecule has 3 atom stereocenters. The van der Waals surface area contributed by atoms with Crippen molar-refractivity contribution >= 4 is 23.6 Å². The van der Waals surface area contributed by atoms with Crippen molar-refractivity contribution in [2.75, 3.05) is 32.5 Å². The molecule has 126 valence electrons. The van der Waals surface area contributed by atoms with E-state index in [9.17, 15) is 14.7 Å². The van der Waals surface area contributed by atoms with Crippen LogP contribution in [0.15, 0.2) is 24.1 Å². The number of likely N-dealkylation sites (tertiary alicyclic amines) is 1. The van der Waals surface area contributed by atoms with Gasteiger partial charge in [0.1, 0.15) is 18.3 Å². The fraction of sp³-hybridized carbons (Fsp3) is 0.625. The number of hydrogen-bond donors (Lipinski definition) is 1. The van der Waals surface area contributed by atoms with Gasteiger partial charge in [-0.3, -0.25) is 9.69 Å². The number of amides is 1. The average molecular weight is 339 g/mol. The molecule has 3 rings (SSSR count). The highest BCUT2D eigenvalue weighted by atomic mass is 32.2. The van der Waals surface area contributed by atoms with Crippen LogP contribution in [-0.2, 0) is 14.3 Å². The molecule has 0 radical (unpaired) electrons. The van der Waals surface area contributed by atoms with Crippen molar-refractivity contribution in [3.05, 3.63) is 24.1 Å². The summed E-state index contributed by atoms with van der Waals surface area (Å²) >= 11 is 1.66. The minimum absolute atomic E-state index is 0.0182. The van der Waals surface area contributed by atoms with Gasteiger partial charge in [0.05, 0.1) is 38.3 Å². The standard InChI is InChI=1S/C16H23N2O4S/c1-18(6-2-4-12(18)11-19)7-3-8-22-16(21)13-5-9-23-15-10-14(20)17(13)15/h3,5,8,12,15,19H,2,4,6-7,9-11H2,1H3/q+1/t12-,15?,18-/m0/s1. The number of carbonyl (C=O) groups is 2. The molecule has 2 saturated heterocycles. The summed E-state index contributed by atoms with van der Waals surface area (Å²) in [6, 6.07) is 0.257. The SMILES string of the molecule is C[N@@+]1(CC=COC(=O)C2=CCSC3CC(=O)N23)CCC[C@H]1CO. The zero-order valence-corrected chi connectivity index (χ0v) is 14.1. The minimum atomic E-state index is -0.470. The molecule has 0 bridgehead atoms. The lowest BCUT2D eigenvalue weighted by Gasteiger charge is -2.42. The van der Waals surface area contributed by atoms with Crippen LogP contribution in [0.3, 0.4) is 0 Å². The maximum Gasteiger partial charge on any atom is 0.359 e. The molecule has 2 fully saturated rings. The van der Waals surface area contributed by atoms with Gasteiger partial charge < -0.3 is 14.3 Å². The topological polar surface area (TPSA) is 66.8 Å². The third-order valence-corrected chi connectivity index (χ3v) is 6.15. The van der Waals surface area contributed by atoms with Gasteiger partial charge in [0, 0.05) is 24.7 Å². The van der Waals surface area contributed by atoms with E-state index in [0.29, 0.717) is 12.1 Å². The van der Waals surface area contributed by atoms with Gasteiger partial charge in [0.2, 0.25) is 5.91 Å². The van der Waals surface area contributed by atoms with Crippen LogP contribution in [0, 0.1) is 0 Å². The van der Waals surface area contributed by atoms with Gasteiger partial charge in [-0.1, -0.05) is 0 Å². The van der Waals surface area contributed by atoms with E-state index >= 15 is 0 Å². The summed E-state index contributed by atoms with van der Waals surface area (Å²) in [5, 5.41) is 9.53. The van der Waals surface area contributed by atoms with E-state index in [4.69, 9.17) is 4.74 Å².